The summed E-state index contributed by atoms with van der Waals surface area (Å²) in [4.78, 5) is 1.19. The van der Waals surface area contributed by atoms with Crippen molar-refractivity contribution >= 4 is 11.2 Å². The van der Waals surface area contributed by atoms with Crippen LogP contribution in [0.5, 0.6) is 0 Å². The Morgan fingerprint density at radius 3 is 2.81 bits per heavy atom. The number of allylic oxidation sites excluding steroid dienone is 2. The van der Waals surface area contributed by atoms with Gasteiger partial charge in [-0.2, -0.15) is 0 Å². The van der Waals surface area contributed by atoms with Crippen molar-refractivity contribution in [1.29, 1.82) is 0 Å². The van der Waals surface area contributed by atoms with Crippen molar-refractivity contribution in [1.82, 2.24) is 10.4 Å². The molecule has 0 fully saturated rings. The third-order valence-electron chi connectivity index (χ3n) is 4.76. The molecule has 2 unspecified atom stereocenters. The molecule has 3 nitrogen and oxygen atoms in total. The first-order valence-electron chi connectivity index (χ1n) is 7.62. The van der Waals surface area contributed by atoms with E-state index in [2.05, 4.69) is 29.6 Å². The van der Waals surface area contributed by atoms with Crippen molar-refractivity contribution in [2.75, 3.05) is 13.6 Å². The van der Waals surface area contributed by atoms with Crippen LogP contribution in [-0.4, -0.2) is 23.2 Å². The van der Waals surface area contributed by atoms with Crippen molar-refractivity contribution in [2.24, 2.45) is 0 Å². The van der Waals surface area contributed by atoms with Gasteiger partial charge in [0.25, 0.3) is 0 Å². The Hall–Kier alpha value is -1.23. The lowest BCUT2D eigenvalue weighted by atomic mass is 9.89. The van der Waals surface area contributed by atoms with Crippen LogP contribution in [0.25, 0.3) is 0 Å². The second kappa shape index (κ2) is 5.20. The van der Waals surface area contributed by atoms with Crippen molar-refractivity contribution in [2.45, 2.75) is 30.9 Å². The van der Waals surface area contributed by atoms with E-state index in [1.54, 1.807) is 0 Å². The number of nitrogens with zero attached hydrogens (tertiary/aromatic N) is 1. The van der Waals surface area contributed by atoms with Crippen LogP contribution in [0.15, 0.2) is 52.1 Å². The molecule has 110 valence electrons. The molecule has 4 rings (SSSR count). The summed E-state index contributed by atoms with van der Waals surface area (Å²) in [5, 5.41) is 2.28. The van der Waals surface area contributed by atoms with E-state index >= 15 is 0 Å². The van der Waals surface area contributed by atoms with Gasteiger partial charge in [-0.1, -0.05) is 30.3 Å². The molecule has 0 radical (unpaired) electrons. The Kier molecular flexibility index (Phi) is 3.32. The van der Waals surface area contributed by atoms with Gasteiger partial charge in [0.15, 0.2) is 0 Å². The van der Waals surface area contributed by atoms with Gasteiger partial charge in [-0.15, -0.1) is 0 Å². The van der Waals surface area contributed by atoms with E-state index in [0.29, 0.717) is 0 Å². The van der Waals surface area contributed by atoms with E-state index in [1.807, 2.05) is 18.2 Å². The number of benzene rings is 1. The largest absolute Gasteiger partial charge is 0.611 e. The van der Waals surface area contributed by atoms with E-state index in [-0.39, 0.29) is 5.25 Å². The second-order valence-electron chi connectivity index (χ2n) is 6.06. The lowest BCUT2D eigenvalue weighted by Gasteiger charge is -2.32. The first-order valence-corrected chi connectivity index (χ1v) is 8.83. The van der Waals surface area contributed by atoms with Crippen LogP contribution in [0.3, 0.4) is 0 Å². The lowest BCUT2D eigenvalue weighted by Crippen LogP contribution is -2.40. The highest BCUT2D eigenvalue weighted by Gasteiger charge is 2.43. The third kappa shape index (κ3) is 2.22. The molecule has 1 N–H and O–H groups in total. The van der Waals surface area contributed by atoms with Gasteiger partial charge < -0.3 is 9.98 Å². The Bertz CT molecular complexity index is 623. The number of nitrogens with one attached hydrogen (secondary N) is 1. The quantitative estimate of drug-likeness (QED) is 0.810. The van der Waals surface area contributed by atoms with Crippen LogP contribution < -0.4 is 5.43 Å². The molecule has 0 saturated carbocycles. The summed E-state index contributed by atoms with van der Waals surface area (Å²) in [6.45, 7) is 1.06. The second-order valence-corrected chi connectivity index (χ2v) is 7.72. The normalized spacial score (nSPS) is 29.2. The van der Waals surface area contributed by atoms with Gasteiger partial charge >= 0.3 is 0 Å². The van der Waals surface area contributed by atoms with Crippen molar-refractivity contribution in [3.05, 3.63) is 57.6 Å². The number of hydrogen-bond acceptors (Lipinski definition) is 3. The van der Waals surface area contributed by atoms with Crippen LogP contribution in [0.2, 0.25) is 0 Å². The molecular weight excluding hydrogens is 280 g/mol. The summed E-state index contributed by atoms with van der Waals surface area (Å²) in [5.74, 6) is 0. The van der Waals surface area contributed by atoms with Crippen molar-refractivity contribution in [3.8, 4) is 0 Å². The van der Waals surface area contributed by atoms with Crippen molar-refractivity contribution in [3.63, 3.8) is 0 Å². The topological polar surface area (TPSA) is 38.3 Å². The van der Waals surface area contributed by atoms with E-state index < -0.39 is 11.2 Å². The smallest absolute Gasteiger partial charge is 0.150 e. The van der Waals surface area contributed by atoms with Gasteiger partial charge in [-0.3, -0.25) is 0 Å². The van der Waals surface area contributed by atoms with Gasteiger partial charge in [0.1, 0.15) is 10.2 Å². The van der Waals surface area contributed by atoms with Crippen LogP contribution in [0.4, 0.5) is 0 Å². The highest BCUT2D eigenvalue weighted by Crippen LogP contribution is 2.49. The Morgan fingerprint density at radius 1 is 1.19 bits per heavy atom. The first kappa shape index (κ1) is 13.4. The van der Waals surface area contributed by atoms with Crippen molar-refractivity contribution < 1.29 is 4.55 Å². The first-order chi connectivity index (χ1) is 10.2. The van der Waals surface area contributed by atoms with E-state index in [9.17, 15) is 4.55 Å². The summed E-state index contributed by atoms with van der Waals surface area (Å²) in [7, 11) is 2.08. The minimum Gasteiger partial charge on any atom is -0.611 e. The molecule has 1 aromatic rings. The number of fused-ring (bicyclic) bond motifs is 1. The fourth-order valence-electron chi connectivity index (χ4n) is 3.62. The zero-order chi connectivity index (χ0) is 14.4. The predicted octanol–water partition coefficient (Wildman–Crippen LogP) is 3.02. The molecule has 21 heavy (non-hydrogen) atoms. The SMILES string of the molecule is CN1CCC2=C(N1)C1=C(CC2)[S+]([O-])C(c2ccccc2)C1. The van der Waals surface area contributed by atoms with Gasteiger partial charge in [0.2, 0.25) is 0 Å². The molecule has 2 atom stereocenters. The van der Waals surface area contributed by atoms with Crippen LogP contribution in [0, 0.1) is 0 Å². The molecule has 0 spiro atoms. The highest BCUT2D eigenvalue weighted by molar-refractivity contribution is 7.95. The fraction of sp³-hybridized carbons (Fsp3) is 0.412. The predicted molar refractivity (Wildman–Crippen MR) is 85.6 cm³/mol. The molecule has 1 aromatic carbocycles. The summed E-state index contributed by atoms with van der Waals surface area (Å²) >= 11 is -0.868. The van der Waals surface area contributed by atoms with Crippen LogP contribution in [0.1, 0.15) is 36.5 Å². The molecular formula is C17H20N2OS. The van der Waals surface area contributed by atoms with E-state index in [0.717, 1.165) is 32.2 Å². The van der Waals surface area contributed by atoms with Crippen LogP contribution in [-0.2, 0) is 11.2 Å². The Balaban J connectivity index is 1.68. The summed E-state index contributed by atoms with van der Waals surface area (Å²) in [6, 6.07) is 10.3. The summed E-state index contributed by atoms with van der Waals surface area (Å²) in [5.41, 5.74) is 8.84. The maximum absolute atomic E-state index is 12.9. The lowest BCUT2D eigenvalue weighted by molar-refractivity contribution is 0.248. The minimum absolute atomic E-state index is 0.136. The maximum Gasteiger partial charge on any atom is 0.150 e. The molecule has 0 bridgehead atoms. The zero-order valence-corrected chi connectivity index (χ0v) is 13.1. The monoisotopic (exact) mass is 300 g/mol. The molecule has 0 saturated heterocycles. The molecule has 3 aliphatic rings. The average molecular weight is 300 g/mol. The van der Waals surface area contributed by atoms with E-state index in [4.69, 9.17) is 0 Å². The highest BCUT2D eigenvalue weighted by atomic mass is 32.2. The number of rotatable bonds is 1. The fourth-order valence-corrected chi connectivity index (χ4v) is 5.42. The Labute approximate surface area is 128 Å². The molecule has 4 heteroatoms. The van der Waals surface area contributed by atoms with Gasteiger partial charge in [-0.25, -0.2) is 5.01 Å². The minimum atomic E-state index is -0.868. The molecule has 0 aromatic heterocycles. The van der Waals surface area contributed by atoms with Crippen LogP contribution >= 0.6 is 0 Å². The molecule has 2 aliphatic heterocycles. The van der Waals surface area contributed by atoms with Gasteiger partial charge in [0, 0.05) is 37.6 Å². The standard InChI is InChI=1S/C17H20N2OS/c1-19-10-9-13-7-8-15-14(17(13)18-19)11-16(21(15)20)12-5-3-2-4-6-12/h2-6,16,18H,7-11H2,1H3. The summed E-state index contributed by atoms with van der Waals surface area (Å²) in [6.07, 6.45) is 4.10. The molecule has 0 amide bonds. The Morgan fingerprint density at radius 2 is 2.00 bits per heavy atom. The number of hydrogen-bond donors (Lipinski definition) is 1. The zero-order valence-electron chi connectivity index (χ0n) is 12.3. The maximum atomic E-state index is 12.9. The third-order valence-corrected chi connectivity index (χ3v) is 6.65. The summed E-state index contributed by atoms with van der Waals surface area (Å²) < 4.78 is 12.9. The molecule has 1 aliphatic carbocycles. The van der Waals surface area contributed by atoms with Gasteiger partial charge in [0.05, 0.1) is 5.70 Å². The van der Waals surface area contributed by atoms with Gasteiger partial charge in [-0.05, 0) is 29.6 Å². The number of hydrazine groups is 1. The van der Waals surface area contributed by atoms with E-state index in [1.165, 1.54) is 27.3 Å². The average Bonchev–Trinajstić information content (AvgIpc) is 2.86. The molecule has 2 heterocycles.